The van der Waals surface area contributed by atoms with Crippen molar-refractivity contribution in [3.63, 3.8) is 0 Å². The topological polar surface area (TPSA) is 88.1 Å². The molecule has 1 saturated heterocycles. The van der Waals surface area contributed by atoms with Gasteiger partial charge in [-0.05, 0) is 24.5 Å². The number of methoxy groups -OCH3 is 1. The number of carbonyl (C=O) groups is 2. The largest absolute Gasteiger partial charge is 0.480 e. The minimum absolute atomic E-state index is 0.0692. The van der Waals surface area contributed by atoms with Crippen LogP contribution in [-0.2, 0) is 26.3 Å². The highest BCUT2D eigenvalue weighted by atomic mass is 32.1. The number of ether oxygens (including phenoxy) is 2. The van der Waals surface area contributed by atoms with Crippen molar-refractivity contribution in [3.05, 3.63) is 21.4 Å². The highest BCUT2D eigenvalue weighted by molar-refractivity contribution is 7.14. The number of amides is 1. The summed E-state index contributed by atoms with van der Waals surface area (Å²) in [5.74, 6) is -0.873. The minimum Gasteiger partial charge on any atom is -0.480 e. The summed E-state index contributed by atoms with van der Waals surface area (Å²) in [4.78, 5) is 27.1. The predicted octanol–water partition coefficient (Wildman–Crippen LogP) is 1.07. The fourth-order valence-corrected chi connectivity index (χ4v) is 4.71. The number of nitrogens with zero attached hydrogens (tertiary/aromatic N) is 1. The molecule has 0 atom stereocenters. The van der Waals surface area contributed by atoms with Crippen molar-refractivity contribution in [3.8, 4) is 0 Å². The number of aliphatic carboxylic acids is 1. The van der Waals surface area contributed by atoms with Gasteiger partial charge in [-0.15, -0.1) is 11.3 Å². The summed E-state index contributed by atoms with van der Waals surface area (Å²) in [6.45, 7) is 3.08. The Kier molecular flexibility index (Phi) is 5.73. The molecule has 1 fully saturated rings. The molecule has 3 rings (SSSR count). The van der Waals surface area contributed by atoms with Crippen molar-refractivity contribution in [1.82, 2.24) is 10.2 Å². The maximum Gasteiger partial charge on any atom is 0.317 e. The third-order valence-corrected chi connectivity index (χ3v) is 6.04. The van der Waals surface area contributed by atoms with Crippen LogP contribution in [0.15, 0.2) is 6.07 Å². The molecule has 2 N–H and O–H groups in total. The quantitative estimate of drug-likeness (QED) is 0.731. The normalized spacial score (nSPS) is 19.6. The zero-order chi connectivity index (χ0) is 17.9. The van der Waals surface area contributed by atoms with E-state index in [2.05, 4.69) is 5.32 Å². The Hall–Kier alpha value is -1.48. The molecular formula is C17H24N2O5S. The predicted molar refractivity (Wildman–Crippen MR) is 93.2 cm³/mol. The fourth-order valence-electron chi connectivity index (χ4n) is 3.56. The molecule has 0 aromatic carbocycles. The van der Waals surface area contributed by atoms with E-state index in [1.54, 1.807) is 7.11 Å². The molecule has 0 radical (unpaired) electrons. The number of likely N-dealkylation sites (tertiary alicyclic amines) is 1. The lowest BCUT2D eigenvalue weighted by molar-refractivity contribution is -0.141. The highest BCUT2D eigenvalue weighted by Crippen LogP contribution is 2.44. The number of hydrogen-bond acceptors (Lipinski definition) is 6. The Balaban J connectivity index is 1.72. The lowest BCUT2D eigenvalue weighted by Gasteiger charge is -2.43. The van der Waals surface area contributed by atoms with E-state index < -0.39 is 5.97 Å². The summed E-state index contributed by atoms with van der Waals surface area (Å²) < 4.78 is 11.1. The Morgan fingerprint density at radius 1 is 1.44 bits per heavy atom. The second kappa shape index (κ2) is 7.82. The van der Waals surface area contributed by atoms with Crippen LogP contribution >= 0.6 is 11.3 Å². The van der Waals surface area contributed by atoms with Crippen molar-refractivity contribution in [1.29, 1.82) is 0 Å². The van der Waals surface area contributed by atoms with Crippen LogP contribution in [0, 0.1) is 0 Å². The zero-order valence-electron chi connectivity index (χ0n) is 14.4. The number of thiophene rings is 1. The van der Waals surface area contributed by atoms with Crippen LogP contribution in [0.2, 0.25) is 0 Å². The van der Waals surface area contributed by atoms with Crippen molar-refractivity contribution in [2.24, 2.45) is 0 Å². The number of carboxylic acids is 1. The van der Waals surface area contributed by atoms with Gasteiger partial charge in [0.1, 0.15) is 0 Å². The summed E-state index contributed by atoms with van der Waals surface area (Å²) >= 11 is 1.54. The standard InChI is InChI=1S/C17H24N2O5S/c1-23-9-5-18-16(22)14-10-12-13(25-14)2-8-24-17(12)3-6-19(7-4-17)11-15(20)21/h10H,2-9,11H2,1H3,(H,18,22)(H,20,21). The second-order valence-electron chi connectivity index (χ2n) is 6.46. The van der Waals surface area contributed by atoms with E-state index in [4.69, 9.17) is 14.6 Å². The maximum atomic E-state index is 12.3. The summed E-state index contributed by atoms with van der Waals surface area (Å²) in [5, 5.41) is 11.8. The van der Waals surface area contributed by atoms with Crippen molar-refractivity contribution in [2.45, 2.75) is 24.9 Å². The smallest absolute Gasteiger partial charge is 0.317 e. The van der Waals surface area contributed by atoms with Crippen molar-refractivity contribution >= 4 is 23.2 Å². The monoisotopic (exact) mass is 368 g/mol. The average Bonchev–Trinajstić information content (AvgIpc) is 3.03. The first-order chi connectivity index (χ1) is 12.0. The number of rotatable bonds is 6. The van der Waals surface area contributed by atoms with Gasteiger partial charge in [0, 0.05) is 38.0 Å². The molecule has 0 aliphatic carbocycles. The van der Waals surface area contributed by atoms with Crippen LogP contribution in [0.1, 0.15) is 33.0 Å². The molecule has 25 heavy (non-hydrogen) atoms. The molecule has 1 aromatic rings. The average molecular weight is 368 g/mol. The van der Waals surface area contributed by atoms with E-state index in [-0.39, 0.29) is 18.1 Å². The van der Waals surface area contributed by atoms with Crippen LogP contribution in [0.4, 0.5) is 0 Å². The van der Waals surface area contributed by atoms with E-state index in [0.29, 0.717) is 37.7 Å². The minimum atomic E-state index is -0.799. The molecule has 1 aromatic heterocycles. The van der Waals surface area contributed by atoms with E-state index in [9.17, 15) is 9.59 Å². The lowest BCUT2D eigenvalue weighted by Crippen LogP contribution is -2.47. The number of nitrogens with one attached hydrogen (secondary N) is 1. The summed E-state index contributed by atoms with van der Waals surface area (Å²) in [6.07, 6.45) is 2.34. The van der Waals surface area contributed by atoms with Crippen LogP contribution in [0.3, 0.4) is 0 Å². The van der Waals surface area contributed by atoms with Gasteiger partial charge in [-0.1, -0.05) is 0 Å². The molecule has 0 saturated carbocycles. The van der Waals surface area contributed by atoms with Crippen molar-refractivity contribution < 1.29 is 24.2 Å². The Morgan fingerprint density at radius 3 is 2.88 bits per heavy atom. The molecule has 8 heteroatoms. The van der Waals surface area contributed by atoms with Crippen LogP contribution in [-0.4, -0.2) is 68.4 Å². The molecular weight excluding hydrogens is 344 g/mol. The number of hydrogen-bond donors (Lipinski definition) is 2. The second-order valence-corrected chi connectivity index (χ2v) is 7.60. The van der Waals surface area contributed by atoms with Crippen LogP contribution < -0.4 is 5.32 Å². The van der Waals surface area contributed by atoms with Gasteiger partial charge in [0.2, 0.25) is 0 Å². The molecule has 7 nitrogen and oxygen atoms in total. The molecule has 2 aliphatic rings. The molecule has 1 amide bonds. The maximum absolute atomic E-state index is 12.3. The first-order valence-corrected chi connectivity index (χ1v) is 9.34. The van der Waals surface area contributed by atoms with Gasteiger partial charge in [0.15, 0.2) is 0 Å². The molecule has 0 unspecified atom stereocenters. The molecule has 3 heterocycles. The first-order valence-electron chi connectivity index (χ1n) is 8.52. The number of carboxylic acid groups (broad SMARTS) is 1. The number of piperidine rings is 1. The summed E-state index contributed by atoms with van der Waals surface area (Å²) in [7, 11) is 1.60. The molecule has 138 valence electrons. The van der Waals surface area contributed by atoms with Gasteiger partial charge in [0.05, 0.1) is 30.2 Å². The van der Waals surface area contributed by atoms with Crippen LogP contribution in [0.25, 0.3) is 0 Å². The zero-order valence-corrected chi connectivity index (χ0v) is 15.2. The number of fused-ring (bicyclic) bond motifs is 2. The lowest BCUT2D eigenvalue weighted by atomic mass is 9.82. The fraction of sp³-hybridized carbons (Fsp3) is 0.647. The first kappa shape index (κ1) is 18.3. The van der Waals surface area contributed by atoms with Crippen LogP contribution in [0.5, 0.6) is 0 Å². The Morgan fingerprint density at radius 2 is 2.20 bits per heavy atom. The summed E-state index contributed by atoms with van der Waals surface area (Å²) in [5.41, 5.74) is 0.750. The van der Waals surface area contributed by atoms with E-state index in [0.717, 1.165) is 24.8 Å². The highest BCUT2D eigenvalue weighted by Gasteiger charge is 2.42. The van der Waals surface area contributed by atoms with Gasteiger partial charge in [-0.25, -0.2) is 0 Å². The third-order valence-electron chi connectivity index (χ3n) is 4.85. The number of carbonyl (C=O) groups excluding carboxylic acids is 1. The molecule has 1 spiro atoms. The summed E-state index contributed by atoms with van der Waals surface area (Å²) in [6, 6.07) is 1.97. The van der Waals surface area contributed by atoms with E-state index in [1.807, 2.05) is 11.0 Å². The SMILES string of the molecule is COCCNC(=O)c1cc2c(s1)CCOC21CCN(CC(=O)O)CC1. The van der Waals surface area contributed by atoms with Gasteiger partial charge < -0.3 is 19.9 Å². The van der Waals surface area contributed by atoms with Gasteiger partial charge in [-0.3, -0.25) is 14.5 Å². The van der Waals surface area contributed by atoms with E-state index in [1.165, 1.54) is 16.2 Å². The van der Waals surface area contributed by atoms with Gasteiger partial charge >= 0.3 is 5.97 Å². The van der Waals surface area contributed by atoms with Crippen molar-refractivity contribution in [2.75, 3.05) is 46.5 Å². The van der Waals surface area contributed by atoms with E-state index >= 15 is 0 Å². The Bertz CT molecular complexity index is 637. The van der Waals surface area contributed by atoms with Gasteiger partial charge in [-0.2, -0.15) is 0 Å². The Labute approximate surface area is 150 Å². The molecule has 2 aliphatic heterocycles. The van der Waals surface area contributed by atoms with Gasteiger partial charge in [0.25, 0.3) is 5.91 Å². The molecule has 0 bridgehead atoms. The third kappa shape index (κ3) is 4.03.